The molecule has 1 aromatic carbocycles. The monoisotopic (exact) mass is 287 g/mol. The van der Waals surface area contributed by atoms with Gasteiger partial charge in [0.25, 0.3) is 0 Å². The van der Waals surface area contributed by atoms with E-state index in [0.29, 0.717) is 17.5 Å². The highest BCUT2D eigenvalue weighted by Gasteiger charge is 2.14. The summed E-state index contributed by atoms with van der Waals surface area (Å²) in [5, 5.41) is 2.70. The maximum atomic E-state index is 13.5. The van der Waals surface area contributed by atoms with Crippen molar-refractivity contribution in [3.05, 3.63) is 46.1 Å². The number of rotatable bonds is 2. The van der Waals surface area contributed by atoms with E-state index in [9.17, 15) is 13.2 Å². The Hall–Kier alpha value is -1.82. The number of halogens is 4. The number of benzene rings is 1. The summed E-state index contributed by atoms with van der Waals surface area (Å²) in [5.41, 5.74) is 0.103. The number of nitrogens with one attached hydrogen (secondary N) is 1. The largest absolute Gasteiger partial charge is 0.337 e. The zero-order valence-corrected chi connectivity index (χ0v) is 10.8. The third-order valence-electron chi connectivity index (χ3n) is 2.44. The first kappa shape index (κ1) is 13.6. The van der Waals surface area contributed by atoms with Gasteiger partial charge in [-0.15, -0.1) is 0 Å². The third-order valence-corrected chi connectivity index (χ3v) is 2.81. The fraction of sp³-hybridized carbons (Fsp3) is 0.167. The van der Waals surface area contributed by atoms with E-state index in [1.807, 2.05) is 0 Å². The molecule has 0 aliphatic heterocycles. The molecular formula is C12H9ClF3N3. The van der Waals surface area contributed by atoms with Crippen LogP contribution in [0.15, 0.2) is 12.1 Å². The van der Waals surface area contributed by atoms with Crippen LogP contribution in [-0.2, 0) is 0 Å². The molecule has 2 rings (SSSR count). The lowest BCUT2D eigenvalue weighted by atomic mass is 10.2. The van der Waals surface area contributed by atoms with Crippen LogP contribution in [0.2, 0.25) is 5.15 Å². The fourth-order valence-electron chi connectivity index (χ4n) is 1.49. The SMILES string of the molecule is Cc1nc(Cl)c(C)c(Nc2cc(F)cc(F)c2F)n1. The van der Waals surface area contributed by atoms with Gasteiger partial charge in [0.1, 0.15) is 22.6 Å². The van der Waals surface area contributed by atoms with Crippen molar-refractivity contribution in [2.45, 2.75) is 13.8 Å². The molecule has 0 spiro atoms. The van der Waals surface area contributed by atoms with Crippen LogP contribution in [0.5, 0.6) is 0 Å². The Kier molecular flexibility index (Phi) is 3.61. The van der Waals surface area contributed by atoms with Crippen molar-refractivity contribution < 1.29 is 13.2 Å². The number of anilines is 2. The number of hydrogen-bond acceptors (Lipinski definition) is 3. The molecule has 0 saturated carbocycles. The Bertz CT molecular complexity index is 591. The topological polar surface area (TPSA) is 37.8 Å². The van der Waals surface area contributed by atoms with Crippen LogP contribution in [0.4, 0.5) is 24.7 Å². The van der Waals surface area contributed by atoms with E-state index in [2.05, 4.69) is 15.3 Å². The summed E-state index contributed by atoms with van der Waals surface area (Å²) in [4.78, 5) is 7.92. The van der Waals surface area contributed by atoms with Gasteiger partial charge in [0, 0.05) is 17.7 Å². The summed E-state index contributed by atoms with van der Waals surface area (Å²) in [7, 11) is 0. The second-order valence-electron chi connectivity index (χ2n) is 3.91. The van der Waals surface area contributed by atoms with Crippen LogP contribution in [0.3, 0.4) is 0 Å². The van der Waals surface area contributed by atoms with Gasteiger partial charge < -0.3 is 5.32 Å². The van der Waals surface area contributed by atoms with E-state index in [0.717, 1.165) is 6.07 Å². The second kappa shape index (κ2) is 5.05. The van der Waals surface area contributed by atoms with Gasteiger partial charge >= 0.3 is 0 Å². The van der Waals surface area contributed by atoms with Gasteiger partial charge in [-0.1, -0.05) is 11.6 Å². The molecule has 100 valence electrons. The highest BCUT2D eigenvalue weighted by molar-refractivity contribution is 6.30. The number of nitrogens with zero attached hydrogens (tertiary/aromatic N) is 2. The van der Waals surface area contributed by atoms with Crippen LogP contribution in [-0.4, -0.2) is 9.97 Å². The molecule has 1 N–H and O–H groups in total. The second-order valence-corrected chi connectivity index (χ2v) is 4.27. The number of hydrogen-bond donors (Lipinski definition) is 1. The number of aromatic nitrogens is 2. The minimum Gasteiger partial charge on any atom is -0.337 e. The molecule has 1 heterocycles. The molecule has 0 bridgehead atoms. The number of aryl methyl sites for hydroxylation is 1. The predicted molar refractivity (Wildman–Crippen MR) is 66.1 cm³/mol. The minimum atomic E-state index is -1.28. The Labute approximate surface area is 112 Å². The molecule has 0 fully saturated rings. The lowest BCUT2D eigenvalue weighted by Gasteiger charge is -2.11. The van der Waals surface area contributed by atoms with Crippen LogP contribution in [0, 0.1) is 31.3 Å². The van der Waals surface area contributed by atoms with E-state index in [4.69, 9.17) is 11.6 Å². The molecule has 0 radical (unpaired) electrons. The third kappa shape index (κ3) is 2.78. The van der Waals surface area contributed by atoms with Crippen molar-refractivity contribution >= 4 is 23.1 Å². The van der Waals surface area contributed by atoms with E-state index in [1.54, 1.807) is 13.8 Å². The van der Waals surface area contributed by atoms with Crippen LogP contribution >= 0.6 is 11.6 Å². The maximum Gasteiger partial charge on any atom is 0.182 e. The van der Waals surface area contributed by atoms with Gasteiger partial charge in [0.2, 0.25) is 0 Å². The molecule has 0 aliphatic carbocycles. The summed E-state index contributed by atoms with van der Waals surface area (Å²) < 4.78 is 39.7. The smallest absolute Gasteiger partial charge is 0.182 e. The average Bonchev–Trinajstić information content (AvgIpc) is 2.31. The standard InChI is InChI=1S/C12H9ClF3N3/c1-5-11(13)17-6(2)18-12(5)19-9-4-7(14)3-8(15)10(9)16/h3-4H,1-2H3,(H,17,18,19). The van der Waals surface area contributed by atoms with Gasteiger partial charge in [-0.2, -0.15) is 0 Å². The fourth-order valence-corrected chi connectivity index (χ4v) is 1.70. The molecule has 19 heavy (non-hydrogen) atoms. The molecule has 0 atom stereocenters. The lowest BCUT2D eigenvalue weighted by molar-refractivity contribution is 0.498. The first-order chi connectivity index (χ1) is 8.88. The minimum absolute atomic E-state index is 0.187. The summed E-state index contributed by atoms with van der Waals surface area (Å²) in [6.45, 7) is 3.21. The zero-order chi connectivity index (χ0) is 14.2. The van der Waals surface area contributed by atoms with Gasteiger partial charge in [0.15, 0.2) is 11.6 Å². The Balaban J connectivity index is 2.47. The normalized spacial score (nSPS) is 10.6. The summed E-state index contributed by atoms with van der Waals surface area (Å²) in [6.07, 6.45) is 0. The van der Waals surface area contributed by atoms with E-state index >= 15 is 0 Å². The first-order valence-electron chi connectivity index (χ1n) is 5.31. The molecule has 0 saturated heterocycles. The molecule has 3 nitrogen and oxygen atoms in total. The summed E-state index contributed by atoms with van der Waals surface area (Å²) in [6, 6.07) is 1.30. The molecular weight excluding hydrogens is 279 g/mol. The van der Waals surface area contributed by atoms with Gasteiger partial charge in [-0.25, -0.2) is 23.1 Å². The first-order valence-corrected chi connectivity index (χ1v) is 5.68. The van der Waals surface area contributed by atoms with Crippen molar-refractivity contribution in [2.24, 2.45) is 0 Å². The van der Waals surface area contributed by atoms with Crippen molar-refractivity contribution in [3.63, 3.8) is 0 Å². The molecule has 0 aliphatic rings. The molecule has 7 heteroatoms. The van der Waals surface area contributed by atoms with Gasteiger partial charge in [-0.3, -0.25) is 0 Å². The van der Waals surface area contributed by atoms with Crippen LogP contribution in [0.25, 0.3) is 0 Å². The molecule has 0 unspecified atom stereocenters. The van der Waals surface area contributed by atoms with E-state index in [1.165, 1.54) is 0 Å². The van der Waals surface area contributed by atoms with Gasteiger partial charge in [0.05, 0.1) is 5.69 Å². The van der Waals surface area contributed by atoms with Gasteiger partial charge in [-0.05, 0) is 13.8 Å². The Morgan fingerprint density at radius 3 is 2.47 bits per heavy atom. The molecule has 2 aromatic rings. The van der Waals surface area contributed by atoms with Crippen molar-refractivity contribution in [1.29, 1.82) is 0 Å². The summed E-state index contributed by atoms with van der Waals surface area (Å²) >= 11 is 5.85. The molecule has 1 aromatic heterocycles. The average molecular weight is 288 g/mol. The van der Waals surface area contributed by atoms with Crippen LogP contribution in [0.1, 0.15) is 11.4 Å². The van der Waals surface area contributed by atoms with E-state index in [-0.39, 0.29) is 16.7 Å². The zero-order valence-electron chi connectivity index (χ0n) is 10.1. The van der Waals surface area contributed by atoms with E-state index < -0.39 is 17.5 Å². The van der Waals surface area contributed by atoms with Crippen molar-refractivity contribution in [3.8, 4) is 0 Å². The summed E-state index contributed by atoms with van der Waals surface area (Å²) in [5.74, 6) is -2.81. The Morgan fingerprint density at radius 1 is 1.11 bits per heavy atom. The predicted octanol–water partition coefficient (Wildman–Crippen LogP) is 3.91. The highest BCUT2D eigenvalue weighted by Crippen LogP contribution is 2.26. The van der Waals surface area contributed by atoms with Crippen molar-refractivity contribution in [1.82, 2.24) is 9.97 Å². The molecule has 0 amide bonds. The Morgan fingerprint density at radius 2 is 1.79 bits per heavy atom. The maximum absolute atomic E-state index is 13.5. The van der Waals surface area contributed by atoms with Crippen molar-refractivity contribution in [2.75, 3.05) is 5.32 Å². The lowest BCUT2D eigenvalue weighted by Crippen LogP contribution is -2.04. The highest BCUT2D eigenvalue weighted by atomic mass is 35.5. The van der Waals surface area contributed by atoms with Crippen LogP contribution < -0.4 is 5.32 Å². The quantitative estimate of drug-likeness (QED) is 0.672.